The van der Waals surface area contributed by atoms with Crippen LogP contribution in [0.2, 0.25) is 10.0 Å². The molecule has 1 atom stereocenters. The van der Waals surface area contributed by atoms with Crippen molar-refractivity contribution in [3.05, 3.63) is 124 Å². The topological polar surface area (TPSA) is 96.0 Å². The van der Waals surface area contributed by atoms with Crippen LogP contribution in [0.15, 0.2) is 102 Å². The van der Waals surface area contributed by atoms with E-state index in [1.165, 1.54) is 36.3 Å². The zero-order valence-corrected chi connectivity index (χ0v) is 29.1. The van der Waals surface area contributed by atoms with Crippen LogP contribution in [0.1, 0.15) is 30.5 Å². The third kappa shape index (κ3) is 9.50. The highest BCUT2D eigenvalue weighted by molar-refractivity contribution is 7.92. The second kappa shape index (κ2) is 16.2. The Morgan fingerprint density at radius 3 is 2.17 bits per heavy atom. The molecule has 4 aromatic carbocycles. The van der Waals surface area contributed by atoms with Gasteiger partial charge in [-0.1, -0.05) is 97.2 Å². The van der Waals surface area contributed by atoms with Crippen molar-refractivity contribution in [2.45, 2.75) is 44.7 Å². The van der Waals surface area contributed by atoms with Crippen molar-refractivity contribution in [1.29, 1.82) is 0 Å². The predicted octanol–water partition coefficient (Wildman–Crippen LogP) is 6.92. The normalized spacial score (nSPS) is 12.0. The highest BCUT2D eigenvalue weighted by atomic mass is 35.5. The Morgan fingerprint density at radius 1 is 0.872 bits per heavy atom. The van der Waals surface area contributed by atoms with Crippen LogP contribution < -0.4 is 14.4 Å². The summed E-state index contributed by atoms with van der Waals surface area (Å²) in [5.41, 5.74) is 2.56. The number of rotatable bonds is 14. The van der Waals surface area contributed by atoms with Gasteiger partial charge < -0.3 is 15.0 Å². The molecule has 4 aromatic rings. The first kappa shape index (κ1) is 35.8. The second-order valence-electron chi connectivity index (χ2n) is 11.6. The molecule has 8 nitrogen and oxygen atoms in total. The van der Waals surface area contributed by atoms with Gasteiger partial charge in [0.1, 0.15) is 18.3 Å². The van der Waals surface area contributed by atoms with E-state index >= 15 is 0 Å². The minimum Gasteiger partial charge on any atom is -0.495 e. The van der Waals surface area contributed by atoms with E-state index in [9.17, 15) is 18.0 Å². The smallest absolute Gasteiger partial charge is 0.264 e. The van der Waals surface area contributed by atoms with Crippen LogP contribution >= 0.6 is 23.2 Å². The van der Waals surface area contributed by atoms with E-state index in [1.54, 1.807) is 36.4 Å². The number of sulfonamides is 1. The van der Waals surface area contributed by atoms with Gasteiger partial charge >= 0.3 is 0 Å². The standard InChI is InChI=1S/C36H39Cl2N3O5S/c1-25(2)22-39-36(43)33(20-27-9-6-5-7-10-27)40(23-28-11-8-12-29(37)19-28)35(42)24-41(30-15-18-34(46-4)32(38)21-30)47(44,45)31-16-13-26(3)14-17-31/h5-19,21,25,33H,20,22-24H2,1-4H3,(H,39,43)/t33-/m1/s1. The molecular formula is C36H39Cl2N3O5S. The summed E-state index contributed by atoms with van der Waals surface area (Å²) in [6.07, 6.45) is 0.205. The van der Waals surface area contributed by atoms with Gasteiger partial charge in [0.15, 0.2) is 0 Å². The number of ether oxygens (including phenoxy) is 1. The van der Waals surface area contributed by atoms with E-state index < -0.39 is 28.5 Å². The molecular weight excluding hydrogens is 657 g/mol. The molecule has 4 rings (SSSR count). The highest BCUT2D eigenvalue weighted by Gasteiger charge is 2.35. The Kier molecular flexibility index (Phi) is 12.3. The van der Waals surface area contributed by atoms with Crippen LogP contribution in [-0.2, 0) is 32.6 Å². The lowest BCUT2D eigenvalue weighted by Crippen LogP contribution is -2.53. The monoisotopic (exact) mass is 695 g/mol. The molecule has 0 unspecified atom stereocenters. The van der Waals surface area contributed by atoms with Crippen LogP contribution in [0.5, 0.6) is 5.75 Å². The van der Waals surface area contributed by atoms with Gasteiger partial charge in [0.05, 0.1) is 22.7 Å². The molecule has 11 heteroatoms. The van der Waals surface area contributed by atoms with Crippen LogP contribution in [-0.4, -0.2) is 51.4 Å². The molecule has 0 aliphatic heterocycles. The first-order valence-corrected chi connectivity index (χ1v) is 17.4. The SMILES string of the molecule is COc1ccc(N(CC(=O)N(Cc2cccc(Cl)c2)[C@H](Cc2ccccc2)C(=O)NCC(C)C)S(=O)(=O)c2ccc(C)cc2)cc1Cl. The zero-order chi connectivity index (χ0) is 34.1. The van der Waals surface area contributed by atoms with Gasteiger partial charge in [0, 0.05) is 24.5 Å². The Labute approximate surface area is 287 Å². The number of benzene rings is 4. The second-order valence-corrected chi connectivity index (χ2v) is 14.3. The Balaban J connectivity index is 1.82. The molecule has 47 heavy (non-hydrogen) atoms. The largest absolute Gasteiger partial charge is 0.495 e. The molecule has 0 bridgehead atoms. The van der Waals surface area contributed by atoms with Crippen molar-refractivity contribution in [3.63, 3.8) is 0 Å². The molecule has 0 aromatic heterocycles. The average molecular weight is 697 g/mol. The van der Waals surface area contributed by atoms with Gasteiger partial charge in [-0.3, -0.25) is 13.9 Å². The molecule has 1 N–H and O–H groups in total. The van der Waals surface area contributed by atoms with Crippen molar-refractivity contribution in [2.75, 3.05) is 24.5 Å². The van der Waals surface area contributed by atoms with E-state index in [2.05, 4.69) is 5.32 Å². The maximum atomic E-state index is 14.6. The van der Waals surface area contributed by atoms with E-state index in [1.807, 2.05) is 57.2 Å². The van der Waals surface area contributed by atoms with Crippen LogP contribution in [0.25, 0.3) is 0 Å². The maximum absolute atomic E-state index is 14.6. The molecule has 0 saturated heterocycles. The summed E-state index contributed by atoms with van der Waals surface area (Å²) >= 11 is 12.8. The van der Waals surface area contributed by atoms with E-state index in [0.29, 0.717) is 22.9 Å². The molecule has 248 valence electrons. The third-order valence-electron chi connectivity index (χ3n) is 7.51. The Bertz CT molecular complexity index is 1780. The lowest BCUT2D eigenvalue weighted by atomic mass is 10.0. The summed E-state index contributed by atoms with van der Waals surface area (Å²) in [6.45, 7) is 5.62. The third-order valence-corrected chi connectivity index (χ3v) is 9.83. The van der Waals surface area contributed by atoms with Crippen molar-refractivity contribution in [1.82, 2.24) is 10.2 Å². The number of anilines is 1. The van der Waals surface area contributed by atoms with Gasteiger partial charge in [-0.05, 0) is 66.4 Å². The van der Waals surface area contributed by atoms with E-state index in [4.69, 9.17) is 27.9 Å². The van der Waals surface area contributed by atoms with Crippen molar-refractivity contribution >= 4 is 50.7 Å². The predicted molar refractivity (Wildman–Crippen MR) is 187 cm³/mol. The van der Waals surface area contributed by atoms with Crippen molar-refractivity contribution in [3.8, 4) is 5.75 Å². The lowest BCUT2D eigenvalue weighted by molar-refractivity contribution is -0.140. The van der Waals surface area contributed by atoms with Gasteiger partial charge in [-0.2, -0.15) is 0 Å². The summed E-state index contributed by atoms with van der Waals surface area (Å²) in [7, 11) is -2.82. The molecule has 0 heterocycles. The summed E-state index contributed by atoms with van der Waals surface area (Å²) in [6, 6.07) is 26.3. The fraction of sp³-hybridized carbons (Fsp3) is 0.278. The van der Waals surface area contributed by atoms with Gasteiger partial charge in [0.25, 0.3) is 10.0 Å². The first-order valence-electron chi connectivity index (χ1n) is 15.2. The van der Waals surface area contributed by atoms with Crippen molar-refractivity contribution < 1.29 is 22.7 Å². The quantitative estimate of drug-likeness (QED) is 0.155. The van der Waals surface area contributed by atoms with E-state index in [0.717, 1.165) is 15.4 Å². The van der Waals surface area contributed by atoms with E-state index in [-0.39, 0.29) is 40.4 Å². The van der Waals surface area contributed by atoms with Gasteiger partial charge in [0.2, 0.25) is 11.8 Å². The Hall–Kier alpha value is -4.05. The number of aryl methyl sites for hydroxylation is 1. The molecule has 0 aliphatic rings. The van der Waals surface area contributed by atoms with Gasteiger partial charge in [-0.15, -0.1) is 0 Å². The molecule has 0 spiro atoms. The maximum Gasteiger partial charge on any atom is 0.264 e. The minimum atomic E-state index is -4.28. The molecule has 0 aliphatic carbocycles. The molecule has 2 amide bonds. The lowest BCUT2D eigenvalue weighted by Gasteiger charge is -2.34. The highest BCUT2D eigenvalue weighted by Crippen LogP contribution is 2.32. The molecule has 0 saturated carbocycles. The number of hydrogen-bond acceptors (Lipinski definition) is 5. The van der Waals surface area contributed by atoms with Crippen LogP contribution in [0.3, 0.4) is 0 Å². The molecule has 0 fully saturated rings. The van der Waals surface area contributed by atoms with Gasteiger partial charge in [-0.25, -0.2) is 8.42 Å². The van der Waals surface area contributed by atoms with Crippen LogP contribution in [0.4, 0.5) is 5.69 Å². The Morgan fingerprint density at radius 2 is 1.55 bits per heavy atom. The summed E-state index contributed by atoms with van der Waals surface area (Å²) < 4.78 is 34.8. The zero-order valence-electron chi connectivity index (χ0n) is 26.8. The summed E-state index contributed by atoms with van der Waals surface area (Å²) in [4.78, 5) is 29.9. The minimum absolute atomic E-state index is 0.000237. The van der Waals surface area contributed by atoms with Crippen molar-refractivity contribution in [2.24, 2.45) is 5.92 Å². The fourth-order valence-electron chi connectivity index (χ4n) is 4.99. The number of nitrogens with zero attached hydrogens (tertiary/aromatic N) is 2. The number of halogens is 2. The summed E-state index contributed by atoms with van der Waals surface area (Å²) in [5, 5.41) is 3.62. The average Bonchev–Trinajstić information content (AvgIpc) is 3.04. The number of methoxy groups -OCH3 is 1. The first-order chi connectivity index (χ1) is 22.4. The number of nitrogens with one attached hydrogen (secondary N) is 1. The van der Waals surface area contributed by atoms with Crippen LogP contribution in [0, 0.1) is 12.8 Å². The number of carbonyl (C=O) groups is 2. The number of hydrogen-bond donors (Lipinski definition) is 1. The fourth-order valence-corrected chi connectivity index (χ4v) is 6.86. The number of amides is 2. The summed E-state index contributed by atoms with van der Waals surface area (Å²) in [5.74, 6) is -0.420. The molecule has 0 radical (unpaired) electrons. The number of carbonyl (C=O) groups excluding carboxylic acids is 2.